The minimum Gasteiger partial charge on any atom is -0.462 e. The van der Waals surface area contributed by atoms with Crippen molar-refractivity contribution >= 4 is 39.9 Å². The first-order chi connectivity index (χ1) is 15.7. The fraction of sp³-hybridized carbons (Fsp3) is 0.381. The van der Waals surface area contributed by atoms with E-state index in [1.54, 1.807) is 12.3 Å². The molecule has 0 radical (unpaired) electrons. The number of carbonyl (C=O) groups is 3. The van der Waals surface area contributed by atoms with Crippen LogP contribution in [0.5, 0.6) is 11.5 Å². The molecule has 11 nitrogen and oxygen atoms in total. The summed E-state index contributed by atoms with van der Waals surface area (Å²) in [6.07, 6.45) is 0.614. The van der Waals surface area contributed by atoms with Crippen LogP contribution in [-0.2, 0) is 20.7 Å². The number of benzene rings is 1. The molecule has 0 aliphatic carbocycles. The van der Waals surface area contributed by atoms with Crippen LogP contribution in [0.2, 0.25) is 0 Å². The maximum atomic E-state index is 12.4. The predicted molar refractivity (Wildman–Crippen MR) is 117 cm³/mol. The van der Waals surface area contributed by atoms with Crippen LogP contribution in [0.3, 0.4) is 0 Å². The lowest BCUT2D eigenvalue weighted by Gasteiger charge is -2.10. The van der Waals surface area contributed by atoms with E-state index < -0.39 is 35.1 Å². The number of anilines is 1. The summed E-state index contributed by atoms with van der Waals surface area (Å²) in [5, 5.41) is 15.9. The first-order valence-electron chi connectivity index (χ1n) is 10.0. The van der Waals surface area contributed by atoms with Crippen molar-refractivity contribution in [3.05, 3.63) is 44.3 Å². The molecule has 1 N–H and O–H groups in total. The number of hydrogen-bond acceptors (Lipinski definition) is 10. The number of nitro groups is 1. The van der Waals surface area contributed by atoms with Crippen LogP contribution >= 0.6 is 11.3 Å². The van der Waals surface area contributed by atoms with E-state index in [0.717, 1.165) is 29.0 Å². The van der Waals surface area contributed by atoms with Crippen LogP contribution < -0.4 is 14.8 Å². The van der Waals surface area contributed by atoms with Gasteiger partial charge in [0.05, 0.1) is 23.2 Å². The Bertz CT molecular complexity index is 1090. The minimum atomic E-state index is -1.08. The number of nitrogens with zero attached hydrogens (tertiary/aromatic N) is 1. The Balaban J connectivity index is 1.71. The molecule has 33 heavy (non-hydrogen) atoms. The molecule has 0 fully saturated rings. The zero-order valence-corrected chi connectivity index (χ0v) is 19.0. The fourth-order valence-electron chi connectivity index (χ4n) is 3.12. The van der Waals surface area contributed by atoms with E-state index in [4.69, 9.17) is 18.9 Å². The number of nitrogens with one attached hydrogen (secondary N) is 1. The van der Waals surface area contributed by atoms with Crippen LogP contribution in [-0.4, -0.2) is 42.8 Å². The van der Waals surface area contributed by atoms with Gasteiger partial charge in [0, 0.05) is 6.07 Å². The Hall–Kier alpha value is -3.67. The highest BCUT2D eigenvalue weighted by Crippen LogP contribution is 2.38. The van der Waals surface area contributed by atoms with Crippen molar-refractivity contribution in [3.8, 4) is 11.5 Å². The van der Waals surface area contributed by atoms with E-state index in [2.05, 4.69) is 5.32 Å². The summed E-state index contributed by atoms with van der Waals surface area (Å²) in [7, 11) is 0. The van der Waals surface area contributed by atoms with Gasteiger partial charge in [0.25, 0.3) is 11.6 Å². The Morgan fingerprint density at radius 2 is 1.88 bits per heavy atom. The average Bonchev–Trinajstić information content (AvgIpc) is 3.37. The zero-order valence-electron chi connectivity index (χ0n) is 18.2. The Labute approximate surface area is 192 Å². The number of esters is 2. The maximum absolute atomic E-state index is 12.4. The van der Waals surface area contributed by atoms with Crippen LogP contribution in [0.1, 0.15) is 47.1 Å². The number of rotatable bonds is 9. The van der Waals surface area contributed by atoms with Crippen molar-refractivity contribution in [2.75, 3.05) is 25.3 Å². The number of nitro benzene ring substituents is 1. The molecule has 1 aliphatic heterocycles. The molecule has 3 rings (SSSR count). The number of hydrogen-bond donors (Lipinski definition) is 1. The molecule has 0 spiro atoms. The van der Waals surface area contributed by atoms with Crippen molar-refractivity contribution in [2.45, 2.75) is 27.2 Å². The standard InChI is InChI=1S/C21H22N2O9S/c1-4-29-21(26)18-12(5-11(2)3)9-33-19(18)22-17(24)8-30-20(25)13-6-15-16(32-10-31-15)7-14(13)23(27)28/h6-7,9,11H,4-5,8,10H2,1-3H3,(H,22,24). The summed E-state index contributed by atoms with van der Waals surface area (Å²) in [5.41, 5.74) is 0.101. The summed E-state index contributed by atoms with van der Waals surface area (Å²) < 4.78 is 20.3. The van der Waals surface area contributed by atoms with Crippen molar-refractivity contribution in [2.24, 2.45) is 5.92 Å². The average molecular weight is 478 g/mol. The van der Waals surface area contributed by atoms with Gasteiger partial charge < -0.3 is 24.3 Å². The van der Waals surface area contributed by atoms with Crippen molar-refractivity contribution in [1.82, 2.24) is 0 Å². The van der Waals surface area contributed by atoms with E-state index in [0.29, 0.717) is 6.42 Å². The first kappa shape index (κ1) is 24.0. The van der Waals surface area contributed by atoms with Gasteiger partial charge in [-0.05, 0) is 30.2 Å². The van der Waals surface area contributed by atoms with Crippen molar-refractivity contribution in [1.29, 1.82) is 0 Å². The molecule has 0 saturated heterocycles. The maximum Gasteiger partial charge on any atom is 0.345 e. The molecule has 1 amide bonds. The highest BCUT2D eigenvalue weighted by molar-refractivity contribution is 7.15. The third-order valence-electron chi connectivity index (χ3n) is 4.47. The van der Waals surface area contributed by atoms with Crippen LogP contribution in [0.25, 0.3) is 0 Å². The van der Waals surface area contributed by atoms with Crippen LogP contribution in [0, 0.1) is 16.0 Å². The number of thiophene rings is 1. The largest absolute Gasteiger partial charge is 0.462 e. The van der Waals surface area contributed by atoms with E-state index in [1.807, 2.05) is 13.8 Å². The summed E-state index contributed by atoms with van der Waals surface area (Å²) in [5.74, 6) is -1.78. The second-order valence-electron chi connectivity index (χ2n) is 7.39. The number of fused-ring (bicyclic) bond motifs is 1. The SMILES string of the molecule is CCOC(=O)c1c(CC(C)C)csc1NC(=O)COC(=O)c1cc2c(cc1[N+](=O)[O-])OCO2. The van der Waals surface area contributed by atoms with Gasteiger partial charge in [0.1, 0.15) is 10.6 Å². The molecule has 0 saturated carbocycles. The van der Waals surface area contributed by atoms with Gasteiger partial charge in [-0.2, -0.15) is 0 Å². The van der Waals surface area contributed by atoms with Gasteiger partial charge in [0.2, 0.25) is 6.79 Å². The van der Waals surface area contributed by atoms with Crippen molar-refractivity contribution in [3.63, 3.8) is 0 Å². The van der Waals surface area contributed by atoms with Gasteiger partial charge in [-0.15, -0.1) is 11.3 Å². The molecule has 176 valence electrons. The fourth-order valence-corrected chi connectivity index (χ4v) is 4.10. The quantitative estimate of drug-likeness (QED) is 0.325. The van der Waals surface area contributed by atoms with E-state index in [-0.39, 0.29) is 46.9 Å². The van der Waals surface area contributed by atoms with Gasteiger partial charge in [0.15, 0.2) is 18.1 Å². The molecule has 2 aromatic rings. The lowest BCUT2D eigenvalue weighted by Crippen LogP contribution is -2.22. The Kier molecular flexibility index (Phi) is 7.48. The third-order valence-corrected chi connectivity index (χ3v) is 5.41. The molecule has 0 unspecified atom stereocenters. The van der Waals surface area contributed by atoms with Gasteiger partial charge in [-0.3, -0.25) is 14.9 Å². The second kappa shape index (κ2) is 10.3. The molecule has 0 atom stereocenters. The van der Waals surface area contributed by atoms with Crippen molar-refractivity contribution < 1.29 is 38.3 Å². The highest BCUT2D eigenvalue weighted by Gasteiger charge is 2.29. The monoisotopic (exact) mass is 478 g/mol. The highest BCUT2D eigenvalue weighted by atomic mass is 32.1. The number of amides is 1. The van der Waals surface area contributed by atoms with Crippen LogP contribution in [0.4, 0.5) is 10.7 Å². The Morgan fingerprint density at radius 3 is 2.52 bits per heavy atom. The van der Waals surface area contributed by atoms with E-state index in [9.17, 15) is 24.5 Å². The minimum absolute atomic E-state index is 0.129. The van der Waals surface area contributed by atoms with Crippen LogP contribution in [0.15, 0.2) is 17.5 Å². The summed E-state index contributed by atoms with van der Waals surface area (Å²) >= 11 is 1.16. The molecule has 1 aromatic carbocycles. The molecule has 1 aliphatic rings. The van der Waals surface area contributed by atoms with Gasteiger partial charge in [-0.25, -0.2) is 9.59 Å². The third kappa shape index (κ3) is 5.58. The van der Waals surface area contributed by atoms with Gasteiger partial charge >= 0.3 is 11.9 Å². The van der Waals surface area contributed by atoms with E-state index in [1.165, 1.54) is 0 Å². The topological polar surface area (TPSA) is 143 Å². The first-order valence-corrected chi connectivity index (χ1v) is 10.9. The molecule has 1 aromatic heterocycles. The lowest BCUT2D eigenvalue weighted by atomic mass is 10.0. The zero-order chi connectivity index (χ0) is 24.1. The smallest absolute Gasteiger partial charge is 0.345 e. The molecular weight excluding hydrogens is 456 g/mol. The molecule has 0 bridgehead atoms. The molecular formula is C21H22N2O9S. The van der Waals surface area contributed by atoms with E-state index >= 15 is 0 Å². The Morgan fingerprint density at radius 1 is 1.18 bits per heavy atom. The second-order valence-corrected chi connectivity index (χ2v) is 8.27. The normalized spacial score (nSPS) is 11.9. The lowest BCUT2D eigenvalue weighted by molar-refractivity contribution is -0.385. The summed E-state index contributed by atoms with van der Waals surface area (Å²) in [6, 6.07) is 2.20. The summed E-state index contributed by atoms with van der Waals surface area (Å²) in [4.78, 5) is 47.8. The summed E-state index contributed by atoms with van der Waals surface area (Å²) in [6.45, 7) is 5.01. The molecule has 2 heterocycles. The number of ether oxygens (including phenoxy) is 4. The van der Waals surface area contributed by atoms with Gasteiger partial charge in [-0.1, -0.05) is 13.8 Å². The number of carbonyl (C=O) groups excluding carboxylic acids is 3. The molecule has 12 heteroatoms. The predicted octanol–water partition coefficient (Wildman–Crippen LogP) is 3.56.